The highest BCUT2D eigenvalue weighted by atomic mass is 16.5. The Hall–Kier alpha value is -3.68. The number of urea groups is 1. The minimum Gasteiger partial charge on any atom is -0.497 e. The summed E-state index contributed by atoms with van der Waals surface area (Å²) in [6.45, 7) is 0.687. The van der Waals surface area contributed by atoms with Gasteiger partial charge >= 0.3 is 6.03 Å². The fraction of sp³-hybridized carbons (Fsp3) is 0.304. The van der Waals surface area contributed by atoms with E-state index in [9.17, 15) is 14.4 Å². The number of fused-ring (bicyclic) bond motifs is 2. The summed E-state index contributed by atoms with van der Waals surface area (Å²) in [5.41, 5.74) is 2.58. The standard InChI is InChI=1S/C23H24N4O4/c1-31-16-8-9-17-15(14-25-20(17)13-16)10-11-24-21(28)7-4-12-27-22(29)18-5-2-3-6-19(18)26-23(27)30/h2-3,5-6,8-9,13-14,18,25H,4,7,10-12H2,1H3,(H,24,28). The van der Waals surface area contributed by atoms with E-state index < -0.39 is 11.9 Å². The molecule has 2 heterocycles. The van der Waals surface area contributed by atoms with Crippen molar-refractivity contribution in [3.8, 4) is 5.75 Å². The first-order valence-electron chi connectivity index (χ1n) is 10.3. The second kappa shape index (κ2) is 8.99. The molecule has 1 unspecified atom stereocenters. The Kier molecular flexibility index (Phi) is 5.97. The van der Waals surface area contributed by atoms with Gasteiger partial charge < -0.3 is 15.0 Å². The second-order valence-corrected chi connectivity index (χ2v) is 7.46. The number of rotatable bonds is 8. The van der Waals surface area contributed by atoms with Gasteiger partial charge in [0.1, 0.15) is 5.75 Å². The quantitative estimate of drug-likeness (QED) is 0.685. The molecule has 0 saturated carbocycles. The summed E-state index contributed by atoms with van der Waals surface area (Å²) in [5, 5.41) is 4.00. The van der Waals surface area contributed by atoms with Crippen LogP contribution in [0.3, 0.4) is 0 Å². The van der Waals surface area contributed by atoms with Crippen LogP contribution in [0.5, 0.6) is 5.75 Å². The number of aromatic amines is 1. The van der Waals surface area contributed by atoms with Gasteiger partial charge in [-0.1, -0.05) is 18.2 Å². The summed E-state index contributed by atoms with van der Waals surface area (Å²) < 4.78 is 5.23. The minimum absolute atomic E-state index is 0.108. The Bertz CT molecular complexity index is 1110. The van der Waals surface area contributed by atoms with Crippen molar-refractivity contribution in [2.45, 2.75) is 19.3 Å². The predicted octanol–water partition coefficient (Wildman–Crippen LogP) is 2.76. The number of hydrogen-bond donors (Lipinski definition) is 2. The van der Waals surface area contributed by atoms with Crippen molar-refractivity contribution in [2.75, 3.05) is 20.2 Å². The van der Waals surface area contributed by atoms with Gasteiger partial charge in [-0.2, -0.15) is 4.99 Å². The Morgan fingerprint density at radius 2 is 2.16 bits per heavy atom. The highest BCUT2D eigenvalue weighted by molar-refractivity contribution is 6.21. The summed E-state index contributed by atoms with van der Waals surface area (Å²) in [7, 11) is 1.63. The van der Waals surface area contributed by atoms with Gasteiger partial charge in [-0.15, -0.1) is 0 Å². The normalized spacial score (nSPS) is 17.6. The van der Waals surface area contributed by atoms with Crippen LogP contribution in [0.15, 0.2) is 53.7 Å². The largest absolute Gasteiger partial charge is 0.497 e. The predicted molar refractivity (Wildman–Crippen MR) is 117 cm³/mol. The Labute approximate surface area is 179 Å². The molecule has 1 atom stereocenters. The van der Waals surface area contributed by atoms with E-state index in [4.69, 9.17) is 4.74 Å². The fourth-order valence-electron chi connectivity index (χ4n) is 3.81. The molecule has 2 aromatic rings. The zero-order valence-electron chi connectivity index (χ0n) is 17.3. The van der Waals surface area contributed by atoms with Crippen molar-refractivity contribution in [2.24, 2.45) is 10.9 Å². The number of ether oxygens (including phenoxy) is 1. The average Bonchev–Trinajstić information content (AvgIpc) is 3.18. The zero-order chi connectivity index (χ0) is 21.8. The molecule has 1 aromatic heterocycles. The van der Waals surface area contributed by atoms with Gasteiger partial charge in [0.15, 0.2) is 0 Å². The third-order valence-corrected chi connectivity index (χ3v) is 5.46. The summed E-state index contributed by atoms with van der Waals surface area (Å²) in [4.78, 5) is 45.2. The number of hydrogen-bond acceptors (Lipinski definition) is 4. The number of nitrogens with one attached hydrogen (secondary N) is 2. The minimum atomic E-state index is -0.562. The summed E-state index contributed by atoms with van der Waals surface area (Å²) in [6.07, 6.45) is 10.2. The molecule has 4 amide bonds. The molecule has 160 valence electrons. The lowest BCUT2D eigenvalue weighted by Gasteiger charge is -2.28. The molecule has 0 fully saturated rings. The van der Waals surface area contributed by atoms with Crippen molar-refractivity contribution in [3.63, 3.8) is 0 Å². The molecule has 2 N–H and O–H groups in total. The molecule has 0 radical (unpaired) electrons. The fourth-order valence-corrected chi connectivity index (χ4v) is 3.81. The van der Waals surface area contributed by atoms with Gasteiger partial charge in [0.05, 0.1) is 18.7 Å². The number of carbonyl (C=O) groups is 3. The molecule has 8 nitrogen and oxygen atoms in total. The highest BCUT2D eigenvalue weighted by Gasteiger charge is 2.35. The number of amides is 4. The first-order chi connectivity index (χ1) is 15.1. The smallest absolute Gasteiger partial charge is 0.350 e. The Balaban J connectivity index is 1.23. The maximum atomic E-state index is 12.5. The number of H-pyrrole nitrogens is 1. The van der Waals surface area contributed by atoms with Crippen molar-refractivity contribution >= 4 is 34.5 Å². The number of carbonyl (C=O) groups excluding carboxylic acids is 3. The van der Waals surface area contributed by atoms with Crippen LogP contribution in [-0.2, 0) is 16.0 Å². The number of imide groups is 1. The molecular formula is C23H24N4O4. The van der Waals surface area contributed by atoms with E-state index in [0.717, 1.165) is 27.1 Å². The number of aromatic nitrogens is 1. The van der Waals surface area contributed by atoms with Gasteiger partial charge in [-0.3, -0.25) is 14.5 Å². The summed E-state index contributed by atoms with van der Waals surface area (Å²) in [6, 6.07) is 5.29. The molecule has 31 heavy (non-hydrogen) atoms. The molecule has 8 heteroatoms. The molecule has 0 spiro atoms. The van der Waals surface area contributed by atoms with Gasteiger partial charge in [0, 0.05) is 42.7 Å². The molecule has 2 aliphatic rings. The summed E-state index contributed by atoms with van der Waals surface area (Å²) >= 11 is 0. The van der Waals surface area contributed by atoms with Crippen LogP contribution < -0.4 is 10.1 Å². The maximum absolute atomic E-state index is 12.5. The number of aliphatic imine (C=N–C) groups is 1. The first-order valence-corrected chi connectivity index (χ1v) is 10.3. The van der Waals surface area contributed by atoms with Crippen molar-refractivity contribution in [3.05, 3.63) is 54.3 Å². The van der Waals surface area contributed by atoms with Gasteiger partial charge in [0.25, 0.3) is 0 Å². The van der Waals surface area contributed by atoms with E-state index in [1.54, 1.807) is 31.4 Å². The molecule has 1 aliphatic carbocycles. The molecule has 4 rings (SSSR count). The van der Waals surface area contributed by atoms with E-state index in [-0.39, 0.29) is 24.8 Å². The Morgan fingerprint density at radius 3 is 3.00 bits per heavy atom. The van der Waals surface area contributed by atoms with Crippen LogP contribution in [0.1, 0.15) is 18.4 Å². The van der Waals surface area contributed by atoms with Gasteiger partial charge in [0.2, 0.25) is 11.8 Å². The topological polar surface area (TPSA) is 104 Å². The Morgan fingerprint density at radius 1 is 1.29 bits per heavy atom. The summed E-state index contributed by atoms with van der Waals surface area (Å²) in [5.74, 6) is -0.111. The second-order valence-electron chi connectivity index (χ2n) is 7.46. The van der Waals surface area contributed by atoms with Crippen molar-refractivity contribution in [1.29, 1.82) is 0 Å². The van der Waals surface area contributed by atoms with Crippen LogP contribution in [-0.4, -0.2) is 53.6 Å². The lowest BCUT2D eigenvalue weighted by molar-refractivity contribution is -0.130. The van der Waals surface area contributed by atoms with Crippen LogP contribution in [0, 0.1) is 5.92 Å². The average molecular weight is 420 g/mol. The zero-order valence-corrected chi connectivity index (χ0v) is 17.3. The number of allylic oxidation sites excluding steroid dienone is 3. The monoisotopic (exact) mass is 420 g/mol. The van der Waals surface area contributed by atoms with Crippen LogP contribution in [0.25, 0.3) is 10.9 Å². The highest BCUT2D eigenvalue weighted by Crippen LogP contribution is 2.23. The van der Waals surface area contributed by atoms with E-state index >= 15 is 0 Å². The lowest BCUT2D eigenvalue weighted by Crippen LogP contribution is -2.46. The van der Waals surface area contributed by atoms with Gasteiger partial charge in [-0.05, 0) is 36.6 Å². The van der Waals surface area contributed by atoms with Crippen LogP contribution in [0.2, 0.25) is 0 Å². The molecular weight excluding hydrogens is 396 g/mol. The van der Waals surface area contributed by atoms with E-state index in [0.29, 0.717) is 25.1 Å². The maximum Gasteiger partial charge on any atom is 0.350 e. The van der Waals surface area contributed by atoms with Crippen molar-refractivity contribution < 1.29 is 19.1 Å². The molecule has 0 saturated heterocycles. The van der Waals surface area contributed by atoms with E-state index in [2.05, 4.69) is 15.3 Å². The number of nitrogens with zero attached hydrogens (tertiary/aromatic N) is 2. The third kappa shape index (κ3) is 4.42. The molecule has 1 aromatic carbocycles. The van der Waals surface area contributed by atoms with Gasteiger partial charge in [-0.25, -0.2) is 4.79 Å². The van der Waals surface area contributed by atoms with E-state index in [1.807, 2.05) is 24.4 Å². The molecule has 1 aliphatic heterocycles. The number of benzene rings is 1. The SMILES string of the molecule is COc1ccc2c(CCNC(=O)CCCN3C(=O)N=C4C=CC=CC4C3=O)c[nH]c2c1. The van der Waals surface area contributed by atoms with E-state index in [1.165, 1.54) is 0 Å². The number of methoxy groups -OCH3 is 1. The first kappa shape index (κ1) is 20.6. The lowest BCUT2D eigenvalue weighted by atomic mass is 9.95. The van der Waals surface area contributed by atoms with Crippen molar-refractivity contribution in [1.82, 2.24) is 15.2 Å². The van der Waals surface area contributed by atoms with Crippen LogP contribution in [0.4, 0.5) is 4.79 Å². The third-order valence-electron chi connectivity index (χ3n) is 5.46. The van der Waals surface area contributed by atoms with Crippen LogP contribution >= 0.6 is 0 Å². The molecule has 0 bridgehead atoms.